The molecule has 2 aliphatic heterocycles. The molecule has 5 rings (SSSR count). The van der Waals surface area contributed by atoms with Crippen LogP contribution in [0.3, 0.4) is 0 Å². The Kier molecular flexibility index (Phi) is 8.85. The number of rotatable bonds is 12. The minimum Gasteiger partial charge on any atom is -0.366 e. The lowest BCUT2D eigenvalue weighted by molar-refractivity contribution is -0.201. The normalized spacial score (nSPS) is 24.9. The van der Waals surface area contributed by atoms with Crippen molar-refractivity contribution in [1.82, 2.24) is 14.5 Å². The van der Waals surface area contributed by atoms with Gasteiger partial charge in [-0.05, 0) is 57.8 Å². The second kappa shape index (κ2) is 12.0. The highest BCUT2D eigenvalue weighted by atomic mass is 35.5. The molecule has 2 aliphatic rings. The van der Waals surface area contributed by atoms with Gasteiger partial charge in [-0.3, -0.25) is 4.57 Å². The van der Waals surface area contributed by atoms with E-state index >= 15 is 0 Å². The van der Waals surface area contributed by atoms with Crippen molar-refractivity contribution < 1.29 is 32.6 Å². The fourth-order valence-corrected chi connectivity index (χ4v) is 6.66. The Bertz CT molecular complexity index is 1350. The topological polar surface area (TPSA) is 115 Å². The average Bonchev–Trinajstić information content (AvgIpc) is 3.56. The summed E-state index contributed by atoms with van der Waals surface area (Å²) in [7, 11) is -3.36. The van der Waals surface area contributed by atoms with Crippen molar-refractivity contribution in [2.45, 2.75) is 71.0 Å². The van der Waals surface area contributed by atoms with Gasteiger partial charge < -0.3 is 37.9 Å². The third-order valence-electron chi connectivity index (χ3n) is 6.78. The lowest BCUT2D eigenvalue weighted by atomic mass is 10.1. The molecular formula is C27H36ClN4O7P. The maximum Gasteiger partial charge on any atom is 0.356 e. The van der Waals surface area contributed by atoms with Gasteiger partial charge in [-0.25, -0.2) is 4.98 Å². The number of halogens is 1. The van der Waals surface area contributed by atoms with E-state index in [2.05, 4.69) is 34.3 Å². The van der Waals surface area contributed by atoms with E-state index in [1.807, 2.05) is 48.9 Å². The van der Waals surface area contributed by atoms with Crippen LogP contribution in [0.15, 0.2) is 42.6 Å². The second-order valence-corrected chi connectivity index (χ2v) is 12.5. The van der Waals surface area contributed by atoms with Crippen LogP contribution in [-0.2, 0) is 32.6 Å². The quantitative estimate of drug-likeness (QED) is 0.200. The fraction of sp³-hybridized carbons (Fsp3) is 0.556. The van der Waals surface area contributed by atoms with Crippen molar-refractivity contribution in [3.8, 4) is 0 Å². The molecule has 1 unspecified atom stereocenters. The van der Waals surface area contributed by atoms with Gasteiger partial charge in [0.2, 0.25) is 5.28 Å². The zero-order valence-corrected chi connectivity index (χ0v) is 24.9. The van der Waals surface area contributed by atoms with Crippen LogP contribution in [0.2, 0.25) is 5.28 Å². The van der Waals surface area contributed by atoms with E-state index in [-0.39, 0.29) is 37.5 Å². The summed E-state index contributed by atoms with van der Waals surface area (Å²) >= 11 is 6.39. The maximum absolute atomic E-state index is 12.8. The molecular weight excluding hydrogens is 559 g/mol. The minimum atomic E-state index is -3.36. The lowest BCUT2D eigenvalue weighted by Crippen LogP contribution is -2.33. The molecule has 40 heavy (non-hydrogen) atoms. The van der Waals surface area contributed by atoms with Crippen molar-refractivity contribution in [2.24, 2.45) is 0 Å². The third-order valence-corrected chi connectivity index (χ3v) is 8.75. The maximum atomic E-state index is 12.8. The molecule has 0 saturated carbocycles. The number of ether oxygens (including phenoxy) is 4. The highest BCUT2D eigenvalue weighted by Crippen LogP contribution is 2.49. The number of anilines is 1. The van der Waals surface area contributed by atoms with Crippen LogP contribution in [0.4, 0.5) is 5.82 Å². The molecule has 4 heterocycles. The number of nitrogens with zero attached hydrogens (tertiary/aromatic N) is 3. The van der Waals surface area contributed by atoms with Crippen LogP contribution in [0, 0.1) is 0 Å². The molecule has 11 nitrogen and oxygen atoms in total. The van der Waals surface area contributed by atoms with E-state index in [4.69, 9.17) is 39.6 Å². The smallest absolute Gasteiger partial charge is 0.356 e. The molecule has 0 aliphatic carbocycles. The van der Waals surface area contributed by atoms with Gasteiger partial charge >= 0.3 is 7.60 Å². The number of aromatic nitrogens is 3. The summed E-state index contributed by atoms with van der Waals surface area (Å²) in [5.74, 6) is -0.208. The van der Waals surface area contributed by atoms with Crippen LogP contribution in [0.25, 0.3) is 11.0 Å². The number of fused-ring (bicyclic) bond motifs is 2. The summed E-state index contributed by atoms with van der Waals surface area (Å²) in [6.07, 6.45) is -0.258. The van der Waals surface area contributed by atoms with E-state index in [0.717, 1.165) is 10.9 Å². The van der Waals surface area contributed by atoms with E-state index in [1.165, 1.54) is 0 Å². The van der Waals surface area contributed by atoms with Gasteiger partial charge in [0.15, 0.2) is 12.0 Å². The van der Waals surface area contributed by atoms with Crippen LogP contribution in [0.1, 0.15) is 52.5 Å². The van der Waals surface area contributed by atoms with Crippen LogP contribution < -0.4 is 5.32 Å². The molecule has 218 valence electrons. The Labute approximate surface area is 238 Å². The first-order valence-corrected chi connectivity index (χ1v) is 15.6. The van der Waals surface area contributed by atoms with Gasteiger partial charge in [0.05, 0.1) is 25.2 Å². The van der Waals surface area contributed by atoms with Crippen molar-refractivity contribution in [3.63, 3.8) is 0 Å². The van der Waals surface area contributed by atoms with Crippen LogP contribution in [-0.4, -0.2) is 64.8 Å². The molecule has 0 radical (unpaired) electrons. The molecule has 1 aromatic carbocycles. The van der Waals surface area contributed by atoms with Crippen molar-refractivity contribution >= 4 is 36.0 Å². The second-order valence-electron chi connectivity index (χ2n) is 10.2. The molecule has 2 fully saturated rings. The summed E-state index contributed by atoms with van der Waals surface area (Å²) in [5.41, 5.74) is 1.71. The number of nitrogens with one attached hydrogen (secondary N) is 1. The Hall–Kier alpha value is -2.08. The standard InChI is InChI=1S/C27H36ClN4O7P/c1-6-35-40(33,36-7-2)16-34-15-20-21-22(39-27(4,5)38-21)25(37-20)32-14-13-19-23(30-26(28)31-24(19)32)29-17(3)18-11-9-8-10-12-18/h8-14,17,20-22,25H,6-7,15-16H2,1-5H3,(H,29,30,31)/t17-,20?,21-,22-,25-/m1/s1. The molecule has 3 aromatic rings. The van der Waals surface area contributed by atoms with Crippen molar-refractivity contribution in [3.05, 3.63) is 53.4 Å². The monoisotopic (exact) mass is 594 g/mol. The molecule has 0 amide bonds. The largest absolute Gasteiger partial charge is 0.366 e. The van der Waals surface area contributed by atoms with E-state index in [0.29, 0.717) is 11.5 Å². The Morgan fingerprint density at radius 3 is 2.50 bits per heavy atom. The first-order chi connectivity index (χ1) is 19.1. The Morgan fingerprint density at radius 1 is 1.10 bits per heavy atom. The van der Waals surface area contributed by atoms with Gasteiger partial charge in [-0.2, -0.15) is 4.98 Å². The summed E-state index contributed by atoms with van der Waals surface area (Å²) < 4.78 is 50.1. The summed E-state index contributed by atoms with van der Waals surface area (Å²) in [6, 6.07) is 12.0. The predicted octanol–water partition coefficient (Wildman–Crippen LogP) is 5.92. The predicted molar refractivity (Wildman–Crippen MR) is 150 cm³/mol. The molecule has 0 spiro atoms. The molecule has 2 aromatic heterocycles. The Morgan fingerprint density at radius 2 is 1.80 bits per heavy atom. The van der Waals surface area contributed by atoms with Crippen LogP contribution in [0.5, 0.6) is 0 Å². The van der Waals surface area contributed by atoms with Crippen LogP contribution >= 0.6 is 19.2 Å². The van der Waals surface area contributed by atoms with E-state index < -0.39 is 37.9 Å². The molecule has 1 N–H and O–H groups in total. The average molecular weight is 595 g/mol. The summed E-state index contributed by atoms with van der Waals surface area (Å²) in [5, 5.41) is 4.36. The van der Waals surface area contributed by atoms with Crippen molar-refractivity contribution in [2.75, 3.05) is 31.5 Å². The van der Waals surface area contributed by atoms with Gasteiger partial charge in [0.25, 0.3) is 0 Å². The van der Waals surface area contributed by atoms with Gasteiger partial charge in [0, 0.05) is 12.2 Å². The van der Waals surface area contributed by atoms with Gasteiger partial charge in [-0.15, -0.1) is 0 Å². The number of hydrogen-bond donors (Lipinski definition) is 1. The molecule has 0 bridgehead atoms. The summed E-state index contributed by atoms with van der Waals surface area (Å²) in [6.45, 7) is 9.91. The lowest BCUT2D eigenvalue weighted by Gasteiger charge is -2.25. The molecule has 5 atom stereocenters. The SMILES string of the molecule is CCOP(=O)(COCC1O[C@@H](n2ccc3c(N[C@H](C)c4ccccc4)nc(Cl)nc32)[C@@H]2OC(C)(C)O[C@H]12)OCC. The number of hydrogen-bond acceptors (Lipinski definition) is 10. The molecule has 13 heteroatoms. The third kappa shape index (κ3) is 6.22. The highest BCUT2D eigenvalue weighted by molar-refractivity contribution is 7.53. The zero-order valence-electron chi connectivity index (χ0n) is 23.3. The van der Waals surface area contributed by atoms with Gasteiger partial charge in [-0.1, -0.05) is 30.3 Å². The summed E-state index contributed by atoms with van der Waals surface area (Å²) in [4.78, 5) is 9.00. The highest BCUT2D eigenvalue weighted by Gasteiger charge is 2.56. The van der Waals surface area contributed by atoms with Gasteiger partial charge in [0.1, 0.15) is 36.1 Å². The Balaban J connectivity index is 1.38. The fourth-order valence-electron chi connectivity index (χ4n) is 5.16. The first kappa shape index (κ1) is 29.4. The number of benzene rings is 1. The van der Waals surface area contributed by atoms with Crippen molar-refractivity contribution in [1.29, 1.82) is 0 Å². The minimum absolute atomic E-state index is 0.0101. The van der Waals surface area contributed by atoms with E-state index in [1.54, 1.807) is 13.8 Å². The first-order valence-electron chi connectivity index (χ1n) is 13.5. The molecule has 2 saturated heterocycles. The van der Waals surface area contributed by atoms with E-state index in [9.17, 15) is 4.57 Å². The zero-order chi connectivity index (χ0) is 28.5.